The van der Waals surface area contributed by atoms with Crippen molar-refractivity contribution < 1.29 is 31.9 Å². The molecule has 0 saturated heterocycles. The Kier molecular flexibility index (Phi) is 7.35. The van der Waals surface area contributed by atoms with Gasteiger partial charge in [-0.25, -0.2) is 8.78 Å². The fourth-order valence-corrected chi connectivity index (χ4v) is 3.53. The summed E-state index contributed by atoms with van der Waals surface area (Å²) in [5.41, 5.74) is -1.79. The molecule has 3 rings (SSSR count). The monoisotopic (exact) mass is 539 g/mol. The van der Waals surface area contributed by atoms with Crippen LogP contribution in [0, 0.1) is 17.6 Å². The first-order chi connectivity index (χ1) is 15.8. The van der Waals surface area contributed by atoms with E-state index in [0.717, 1.165) is 13.0 Å². The number of amides is 3. The number of hydrogen-bond acceptors (Lipinski definition) is 3. The number of benzene rings is 2. The first-order valence-electron chi connectivity index (χ1n) is 9.73. The largest absolute Gasteiger partial charge is 0.326 e. The summed E-state index contributed by atoms with van der Waals surface area (Å²) in [4.78, 5) is 36.5. The summed E-state index contributed by atoms with van der Waals surface area (Å²) >= 11 is 17.8. The molecule has 34 heavy (non-hydrogen) atoms. The number of nitrogens with one attached hydrogen (secondary N) is 3. The van der Waals surface area contributed by atoms with Gasteiger partial charge < -0.3 is 16.0 Å². The number of alkyl halides is 4. The zero-order valence-electron chi connectivity index (χ0n) is 17.2. The van der Waals surface area contributed by atoms with E-state index in [0.29, 0.717) is 6.07 Å². The summed E-state index contributed by atoms with van der Waals surface area (Å²) in [6.45, 7) is 1.02. The highest BCUT2D eigenvalue weighted by Gasteiger charge is 2.56. The zero-order chi connectivity index (χ0) is 25.4. The van der Waals surface area contributed by atoms with Crippen molar-refractivity contribution in [3.63, 3.8) is 0 Å². The van der Waals surface area contributed by atoms with Gasteiger partial charge in [-0.2, -0.15) is 8.78 Å². The predicted molar refractivity (Wildman–Crippen MR) is 121 cm³/mol. The molecule has 1 saturated carbocycles. The van der Waals surface area contributed by atoms with Crippen LogP contribution >= 0.6 is 34.8 Å². The summed E-state index contributed by atoms with van der Waals surface area (Å²) in [5.74, 6) is -10.6. The van der Waals surface area contributed by atoms with Gasteiger partial charge in [0.25, 0.3) is 11.8 Å². The van der Waals surface area contributed by atoms with Gasteiger partial charge in [-0.1, -0.05) is 18.5 Å². The summed E-state index contributed by atoms with van der Waals surface area (Å²) in [6, 6.07) is 5.42. The second-order valence-corrected chi connectivity index (χ2v) is 9.40. The number of hydrogen-bond donors (Lipinski definition) is 3. The summed E-state index contributed by atoms with van der Waals surface area (Å²) in [6.07, 6.45) is -0.628. The number of carbonyl (C=O) groups excluding carboxylic acids is 3. The van der Waals surface area contributed by atoms with Crippen LogP contribution in [-0.4, -0.2) is 28.0 Å². The Bertz CT molecular complexity index is 1180. The third-order valence-electron chi connectivity index (χ3n) is 4.98. The van der Waals surface area contributed by atoms with E-state index in [-0.39, 0.29) is 22.7 Å². The predicted octanol–water partition coefficient (Wildman–Crippen LogP) is 5.99. The van der Waals surface area contributed by atoms with Crippen LogP contribution in [-0.2, 0) is 9.59 Å². The van der Waals surface area contributed by atoms with Gasteiger partial charge in [-0.05, 0) is 36.8 Å². The SMILES string of the molecule is CCC(F)(F)C(=O)Nc1c(F)ccc(NC(=O)c2cc(NC(=O)C3CC3(Cl)Cl)ccc2Cl)c1F. The Balaban J connectivity index is 1.80. The highest BCUT2D eigenvalue weighted by Crippen LogP contribution is 2.53. The Labute approximate surface area is 205 Å². The smallest absolute Gasteiger partial charge is 0.324 e. The molecular weight excluding hydrogens is 525 g/mol. The lowest BCUT2D eigenvalue weighted by Crippen LogP contribution is -2.34. The highest BCUT2D eigenvalue weighted by molar-refractivity contribution is 6.52. The van der Waals surface area contributed by atoms with Gasteiger partial charge in [0.2, 0.25) is 5.91 Å². The Morgan fingerprint density at radius 1 is 1.09 bits per heavy atom. The maximum Gasteiger partial charge on any atom is 0.324 e. The quantitative estimate of drug-likeness (QED) is 0.298. The molecule has 2 aromatic rings. The Hall–Kier alpha value is -2.56. The van der Waals surface area contributed by atoms with Crippen LogP contribution in [0.25, 0.3) is 0 Å². The Morgan fingerprint density at radius 2 is 1.74 bits per heavy atom. The third kappa shape index (κ3) is 5.56. The van der Waals surface area contributed by atoms with Gasteiger partial charge in [0.1, 0.15) is 15.8 Å². The van der Waals surface area contributed by atoms with Crippen molar-refractivity contribution >= 4 is 69.6 Å². The molecule has 0 aromatic heterocycles. The molecule has 1 unspecified atom stereocenters. The maximum absolute atomic E-state index is 14.8. The molecule has 3 N–H and O–H groups in total. The van der Waals surface area contributed by atoms with E-state index in [9.17, 15) is 31.9 Å². The van der Waals surface area contributed by atoms with Crippen LogP contribution in [0.2, 0.25) is 5.02 Å². The number of rotatable bonds is 7. The fourth-order valence-electron chi connectivity index (χ4n) is 2.82. The van der Waals surface area contributed by atoms with E-state index in [1.807, 2.05) is 0 Å². The van der Waals surface area contributed by atoms with E-state index in [4.69, 9.17) is 34.8 Å². The number of halogens is 7. The third-order valence-corrected chi connectivity index (χ3v) is 6.14. The van der Waals surface area contributed by atoms with E-state index in [1.165, 1.54) is 23.5 Å². The molecule has 0 aliphatic heterocycles. The summed E-state index contributed by atoms with van der Waals surface area (Å²) in [7, 11) is 0. The fraction of sp³-hybridized carbons (Fsp3) is 0.286. The molecule has 0 heterocycles. The first kappa shape index (κ1) is 26.1. The molecule has 1 aliphatic carbocycles. The van der Waals surface area contributed by atoms with Crippen LogP contribution in [0.3, 0.4) is 0 Å². The van der Waals surface area contributed by atoms with Crippen LogP contribution in [0.1, 0.15) is 30.1 Å². The molecule has 1 fully saturated rings. The molecule has 182 valence electrons. The molecule has 1 aliphatic rings. The van der Waals surface area contributed by atoms with Crippen molar-refractivity contribution in [1.82, 2.24) is 0 Å². The number of anilines is 3. The molecule has 0 radical (unpaired) electrons. The van der Waals surface area contributed by atoms with Gasteiger partial charge >= 0.3 is 5.92 Å². The molecule has 0 bridgehead atoms. The van der Waals surface area contributed by atoms with Crippen molar-refractivity contribution in [2.75, 3.05) is 16.0 Å². The van der Waals surface area contributed by atoms with E-state index in [1.54, 1.807) is 0 Å². The van der Waals surface area contributed by atoms with Crippen LogP contribution in [0.4, 0.5) is 34.6 Å². The average molecular weight is 541 g/mol. The van der Waals surface area contributed by atoms with Crippen molar-refractivity contribution in [3.8, 4) is 0 Å². The van der Waals surface area contributed by atoms with E-state index in [2.05, 4.69) is 10.6 Å². The van der Waals surface area contributed by atoms with Crippen molar-refractivity contribution in [3.05, 3.63) is 52.6 Å². The second-order valence-electron chi connectivity index (χ2n) is 7.45. The van der Waals surface area contributed by atoms with Gasteiger partial charge in [0.05, 0.1) is 22.2 Å². The minimum atomic E-state index is -3.86. The van der Waals surface area contributed by atoms with Gasteiger partial charge in [-0.3, -0.25) is 14.4 Å². The van der Waals surface area contributed by atoms with E-state index >= 15 is 0 Å². The van der Waals surface area contributed by atoms with Crippen molar-refractivity contribution in [2.24, 2.45) is 5.92 Å². The van der Waals surface area contributed by atoms with Gasteiger partial charge in [-0.15, -0.1) is 23.2 Å². The molecule has 6 nitrogen and oxygen atoms in total. The molecule has 3 amide bonds. The van der Waals surface area contributed by atoms with Crippen LogP contribution in [0.5, 0.6) is 0 Å². The summed E-state index contributed by atoms with van der Waals surface area (Å²) < 4.78 is 54.6. The molecular formula is C21H16Cl3F4N3O3. The maximum atomic E-state index is 14.8. The van der Waals surface area contributed by atoms with Crippen LogP contribution in [0.15, 0.2) is 30.3 Å². The summed E-state index contributed by atoms with van der Waals surface area (Å²) in [5, 5.41) is 6.09. The molecule has 2 aromatic carbocycles. The van der Waals surface area contributed by atoms with Crippen molar-refractivity contribution in [1.29, 1.82) is 0 Å². The van der Waals surface area contributed by atoms with E-state index < -0.39 is 63.3 Å². The molecule has 1 atom stereocenters. The van der Waals surface area contributed by atoms with Crippen molar-refractivity contribution in [2.45, 2.75) is 30.0 Å². The minimum absolute atomic E-state index is 0.0652. The molecule has 13 heteroatoms. The average Bonchev–Trinajstić information content (AvgIpc) is 3.42. The van der Waals surface area contributed by atoms with Gasteiger partial charge in [0.15, 0.2) is 5.82 Å². The lowest BCUT2D eigenvalue weighted by atomic mass is 10.1. The Morgan fingerprint density at radius 3 is 2.32 bits per heavy atom. The normalized spacial score (nSPS) is 16.5. The highest BCUT2D eigenvalue weighted by atomic mass is 35.5. The standard InChI is InChI=1S/C21H16Cl3F4N3O3/c1-2-21(27,28)19(34)31-16-13(25)5-6-14(15(16)26)30-17(32)10-7-9(3-4-12(10)22)29-18(33)11-8-20(11,23)24/h3-7,11H,2,8H2,1H3,(H,29,33)(H,30,32)(H,31,34). The minimum Gasteiger partial charge on any atom is -0.326 e. The lowest BCUT2D eigenvalue weighted by molar-refractivity contribution is -0.139. The first-order valence-corrected chi connectivity index (χ1v) is 10.9. The lowest BCUT2D eigenvalue weighted by Gasteiger charge is -2.16. The van der Waals surface area contributed by atoms with Crippen LogP contribution < -0.4 is 16.0 Å². The van der Waals surface area contributed by atoms with Gasteiger partial charge in [0, 0.05) is 12.1 Å². The second kappa shape index (κ2) is 9.59. The topological polar surface area (TPSA) is 87.3 Å². The zero-order valence-corrected chi connectivity index (χ0v) is 19.5. The molecule has 0 spiro atoms. The number of carbonyl (C=O) groups is 3.